The van der Waals surface area contributed by atoms with Gasteiger partial charge >= 0.3 is 0 Å². The molecule has 0 spiro atoms. The lowest BCUT2D eigenvalue weighted by molar-refractivity contribution is 0.0671. The van der Waals surface area contributed by atoms with Crippen molar-refractivity contribution in [2.75, 3.05) is 32.2 Å². The van der Waals surface area contributed by atoms with Crippen molar-refractivity contribution in [1.82, 2.24) is 4.90 Å². The molecule has 0 aliphatic heterocycles. The predicted octanol–water partition coefficient (Wildman–Crippen LogP) is 3.93. The van der Waals surface area contributed by atoms with E-state index in [9.17, 15) is 4.79 Å². The number of carbonyl (C=O) groups is 1. The van der Waals surface area contributed by atoms with Crippen LogP contribution in [0.3, 0.4) is 0 Å². The fourth-order valence-corrected chi connectivity index (χ4v) is 3.00. The summed E-state index contributed by atoms with van der Waals surface area (Å²) in [7, 11) is 0. The Labute approximate surface area is 135 Å². The molecular formula is C13H16Br2ClNO2. The van der Waals surface area contributed by atoms with E-state index in [1.807, 2.05) is 25.1 Å². The molecular weight excluding hydrogens is 397 g/mol. The number of benzene rings is 1. The maximum atomic E-state index is 12.3. The number of rotatable bonds is 7. The molecule has 0 saturated heterocycles. The topological polar surface area (TPSA) is 29.5 Å². The van der Waals surface area contributed by atoms with Crippen LogP contribution in [0.1, 0.15) is 17.3 Å². The van der Waals surface area contributed by atoms with Gasteiger partial charge in [-0.2, -0.15) is 0 Å². The average molecular weight is 414 g/mol. The minimum absolute atomic E-state index is 0.000950. The summed E-state index contributed by atoms with van der Waals surface area (Å²) in [6.07, 6.45) is 0. The zero-order chi connectivity index (χ0) is 14.3. The first-order valence-electron chi connectivity index (χ1n) is 5.97. The molecule has 3 nitrogen and oxygen atoms in total. The van der Waals surface area contributed by atoms with Gasteiger partial charge in [-0.3, -0.25) is 4.79 Å². The molecule has 0 aliphatic carbocycles. The van der Waals surface area contributed by atoms with Gasteiger partial charge in [0, 0.05) is 33.5 Å². The molecule has 1 amide bonds. The lowest BCUT2D eigenvalue weighted by Crippen LogP contribution is -2.34. The number of likely N-dealkylation sites (N-methyl/N-ethyl adjacent to an activating group) is 1. The van der Waals surface area contributed by atoms with Crippen LogP contribution < -0.4 is 0 Å². The maximum Gasteiger partial charge on any atom is 0.254 e. The van der Waals surface area contributed by atoms with Crippen LogP contribution in [0.25, 0.3) is 0 Å². The Morgan fingerprint density at radius 3 is 2.42 bits per heavy atom. The Hall–Kier alpha value is -0.100. The Morgan fingerprint density at radius 1 is 1.26 bits per heavy atom. The molecule has 1 aromatic carbocycles. The molecule has 6 heteroatoms. The van der Waals surface area contributed by atoms with Crippen molar-refractivity contribution in [1.29, 1.82) is 0 Å². The summed E-state index contributed by atoms with van der Waals surface area (Å²) < 4.78 is 7.05. The number of hydrogen-bond acceptors (Lipinski definition) is 2. The second kappa shape index (κ2) is 8.95. The largest absolute Gasteiger partial charge is 0.378 e. The highest BCUT2D eigenvalue weighted by atomic mass is 79.9. The van der Waals surface area contributed by atoms with Crippen LogP contribution >= 0.6 is 43.5 Å². The zero-order valence-electron chi connectivity index (χ0n) is 10.7. The molecule has 1 rings (SSSR count). The molecule has 0 aliphatic rings. The lowest BCUT2D eigenvalue weighted by atomic mass is 10.2. The van der Waals surface area contributed by atoms with E-state index in [0.717, 1.165) is 8.95 Å². The number of ether oxygens (including phenoxy) is 1. The van der Waals surface area contributed by atoms with Gasteiger partial charge in [-0.25, -0.2) is 0 Å². The Kier molecular flexibility index (Phi) is 7.99. The van der Waals surface area contributed by atoms with Gasteiger partial charge < -0.3 is 9.64 Å². The van der Waals surface area contributed by atoms with Gasteiger partial charge in [-0.1, -0.05) is 31.9 Å². The summed E-state index contributed by atoms with van der Waals surface area (Å²) >= 11 is 12.3. The minimum Gasteiger partial charge on any atom is -0.378 e. The molecule has 1 aromatic rings. The van der Waals surface area contributed by atoms with Gasteiger partial charge in [-0.05, 0) is 25.1 Å². The summed E-state index contributed by atoms with van der Waals surface area (Å²) in [4.78, 5) is 14.1. The van der Waals surface area contributed by atoms with Crippen molar-refractivity contribution in [2.24, 2.45) is 0 Å². The van der Waals surface area contributed by atoms with Crippen molar-refractivity contribution < 1.29 is 9.53 Å². The van der Waals surface area contributed by atoms with Crippen LogP contribution in [-0.4, -0.2) is 43.0 Å². The van der Waals surface area contributed by atoms with Gasteiger partial charge in [0.1, 0.15) is 0 Å². The molecule has 0 bridgehead atoms. The average Bonchev–Trinajstić information content (AvgIpc) is 2.37. The normalized spacial score (nSPS) is 10.5. The Balaban J connectivity index is 2.66. The van der Waals surface area contributed by atoms with E-state index < -0.39 is 0 Å². The summed E-state index contributed by atoms with van der Waals surface area (Å²) in [5.41, 5.74) is 0.653. The first-order valence-corrected chi connectivity index (χ1v) is 8.09. The number of halogens is 3. The number of amides is 1. The number of alkyl halides is 1. The van der Waals surface area contributed by atoms with E-state index in [-0.39, 0.29) is 5.91 Å². The molecule has 0 saturated carbocycles. The van der Waals surface area contributed by atoms with Gasteiger partial charge in [0.25, 0.3) is 5.91 Å². The number of hydrogen-bond donors (Lipinski definition) is 0. The molecule has 106 valence electrons. The highest BCUT2D eigenvalue weighted by molar-refractivity contribution is 9.11. The quantitative estimate of drug-likeness (QED) is 0.501. The van der Waals surface area contributed by atoms with Crippen LogP contribution in [-0.2, 0) is 4.74 Å². The van der Waals surface area contributed by atoms with Crippen molar-refractivity contribution >= 4 is 49.4 Å². The van der Waals surface area contributed by atoms with Gasteiger partial charge in [-0.15, -0.1) is 11.6 Å². The standard InChI is InChI=1S/C13H16Br2ClNO2/c1-2-17(4-6-19-5-3-16)13(18)10-7-11(14)9-12(15)8-10/h7-9H,2-6H2,1H3. The fraction of sp³-hybridized carbons (Fsp3) is 0.462. The third kappa shape index (κ3) is 5.81. The van der Waals surface area contributed by atoms with E-state index in [1.165, 1.54) is 0 Å². The van der Waals surface area contributed by atoms with Gasteiger partial charge in [0.2, 0.25) is 0 Å². The van der Waals surface area contributed by atoms with Crippen LogP contribution in [0.4, 0.5) is 0 Å². The number of carbonyl (C=O) groups excluding carboxylic acids is 1. The van der Waals surface area contributed by atoms with Crippen molar-refractivity contribution in [3.8, 4) is 0 Å². The summed E-state index contributed by atoms with van der Waals surface area (Å²) in [5, 5.41) is 0. The van der Waals surface area contributed by atoms with Crippen LogP contribution in [0.5, 0.6) is 0 Å². The molecule has 0 atom stereocenters. The van der Waals surface area contributed by atoms with Gasteiger partial charge in [0.05, 0.1) is 13.2 Å². The van der Waals surface area contributed by atoms with Crippen molar-refractivity contribution in [3.63, 3.8) is 0 Å². The summed E-state index contributed by atoms with van der Waals surface area (Å²) in [6, 6.07) is 5.53. The van der Waals surface area contributed by atoms with Crippen molar-refractivity contribution in [2.45, 2.75) is 6.92 Å². The first-order chi connectivity index (χ1) is 9.08. The predicted molar refractivity (Wildman–Crippen MR) is 85.0 cm³/mol. The van der Waals surface area contributed by atoms with Crippen LogP contribution in [0.2, 0.25) is 0 Å². The smallest absolute Gasteiger partial charge is 0.254 e. The maximum absolute atomic E-state index is 12.3. The third-order valence-corrected chi connectivity index (χ3v) is 3.58. The lowest BCUT2D eigenvalue weighted by Gasteiger charge is -2.21. The Bertz CT molecular complexity index is 409. The highest BCUT2D eigenvalue weighted by Gasteiger charge is 2.14. The van der Waals surface area contributed by atoms with E-state index >= 15 is 0 Å². The number of nitrogens with zero attached hydrogens (tertiary/aromatic N) is 1. The highest BCUT2D eigenvalue weighted by Crippen LogP contribution is 2.21. The Morgan fingerprint density at radius 2 is 1.89 bits per heavy atom. The SMILES string of the molecule is CCN(CCOCCCl)C(=O)c1cc(Br)cc(Br)c1. The van der Waals surface area contributed by atoms with E-state index in [4.69, 9.17) is 16.3 Å². The monoisotopic (exact) mass is 411 g/mol. The second-order valence-electron chi connectivity index (χ2n) is 3.84. The van der Waals surface area contributed by atoms with Gasteiger partial charge in [0.15, 0.2) is 0 Å². The third-order valence-electron chi connectivity index (χ3n) is 2.51. The van der Waals surface area contributed by atoms with Crippen LogP contribution in [0.15, 0.2) is 27.1 Å². The zero-order valence-corrected chi connectivity index (χ0v) is 14.6. The molecule has 0 aromatic heterocycles. The molecule has 0 unspecified atom stereocenters. The van der Waals surface area contributed by atoms with Crippen LogP contribution in [0, 0.1) is 0 Å². The van der Waals surface area contributed by atoms with E-state index in [0.29, 0.717) is 37.7 Å². The van der Waals surface area contributed by atoms with E-state index in [2.05, 4.69) is 31.9 Å². The minimum atomic E-state index is -0.000950. The molecule has 0 N–H and O–H groups in total. The molecule has 0 fully saturated rings. The van der Waals surface area contributed by atoms with E-state index in [1.54, 1.807) is 4.90 Å². The van der Waals surface area contributed by atoms with Crippen molar-refractivity contribution in [3.05, 3.63) is 32.7 Å². The first kappa shape index (κ1) is 17.0. The molecule has 0 radical (unpaired) electrons. The molecule has 19 heavy (non-hydrogen) atoms. The fourth-order valence-electron chi connectivity index (χ4n) is 1.59. The second-order valence-corrected chi connectivity index (χ2v) is 6.05. The summed E-state index contributed by atoms with van der Waals surface area (Å²) in [6.45, 7) is 4.17. The molecule has 0 heterocycles. The summed E-state index contributed by atoms with van der Waals surface area (Å²) in [5.74, 6) is 0.470.